The first-order chi connectivity index (χ1) is 17.9. The molecule has 0 unspecified atom stereocenters. The number of rotatable bonds is 4. The third-order valence-electron chi connectivity index (χ3n) is 8.03. The highest BCUT2D eigenvalue weighted by Gasteiger charge is 2.49. The lowest BCUT2D eigenvalue weighted by atomic mass is 9.71. The molecule has 2 saturated heterocycles. The molecule has 0 radical (unpaired) electrons. The Morgan fingerprint density at radius 1 is 1.14 bits per heavy atom. The number of benzene rings is 1. The van der Waals surface area contributed by atoms with E-state index in [1.54, 1.807) is 21.7 Å². The van der Waals surface area contributed by atoms with Gasteiger partial charge in [0.1, 0.15) is 17.2 Å². The van der Waals surface area contributed by atoms with Gasteiger partial charge in [0.05, 0.1) is 22.3 Å². The van der Waals surface area contributed by atoms with Crippen LogP contribution in [0.2, 0.25) is 5.02 Å². The largest absolute Gasteiger partial charge is 0.354 e. The van der Waals surface area contributed by atoms with Gasteiger partial charge in [0.2, 0.25) is 5.91 Å². The number of carbonyl (C=O) groups excluding carboxylic acids is 2. The molecule has 2 amide bonds. The van der Waals surface area contributed by atoms with Gasteiger partial charge >= 0.3 is 0 Å². The van der Waals surface area contributed by atoms with Gasteiger partial charge in [-0.1, -0.05) is 11.6 Å². The van der Waals surface area contributed by atoms with Crippen molar-refractivity contribution in [3.63, 3.8) is 0 Å². The third kappa shape index (κ3) is 4.42. The zero-order valence-corrected chi connectivity index (χ0v) is 21.2. The molecule has 3 aromatic rings. The smallest absolute Gasteiger partial charge is 0.256 e. The van der Waals surface area contributed by atoms with Gasteiger partial charge in [-0.25, -0.2) is 13.9 Å². The maximum atomic E-state index is 13.5. The summed E-state index contributed by atoms with van der Waals surface area (Å²) in [6.45, 7) is 4.10. The van der Waals surface area contributed by atoms with Gasteiger partial charge in [-0.3, -0.25) is 9.59 Å². The minimum atomic E-state index is -0.455. The van der Waals surface area contributed by atoms with E-state index in [0.717, 1.165) is 38.4 Å². The molecule has 11 heteroatoms. The van der Waals surface area contributed by atoms with Crippen LogP contribution in [-0.2, 0) is 4.79 Å². The van der Waals surface area contributed by atoms with Gasteiger partial charge in [-0.2, -0.15) is 5.10 Å². The molecule has 2 N–H and O–H groups in total. The Kier molecular flexibility index (Phi) is 6.24. The summed E-state index contributed by atoms with van der Waals surface area (Å²) in [5.74, 6) is 0.262. The summed E-state index contributed by atoms with van der Waals surface area (Å²) in [5.41, 5.74) is 1.09. The fourth-order valence-electron chi connectivity index (χ4n) is 5.88. The Balaban J connectivity index is 1.11. The molecule has 6 rings (SSSR count). The van der Waals surface area contributed by atoms with Crippen LogP contribution >= 0.6 is 11.6 Å². The van der Waals surface area contributed by atoms with Crippen LogP contribution in [0.4, 0.5) is 15.9 Å². The van der Waals surface area contributed by atoms with E-state index >= 15 is 0 Å². The van der Waals surface area contributed by atoms with E-state index in [1.165, 1.54) is 12.1 Å². The molecule has 37 heavy (non-hydrogen) atoms. The maximum absolute atomic E-state index is 13.5. The van der Waals surface area contributed by atoms with E-state index in [0.29, 0.717) is 49.1 Å². The Morgan fingerprint density at radius 3 is 2.68 bits per heavy atom. The van der Waals surface area contributed by atoms with E-state index in [9.17, 15) is 14.0 Å². The summed E-state index contributed by atoms with van der Waals surface area (Å²) in [7, 11) is 0. The molecular formula is C26H29ClFN7O2. The summed E-state index contributed by atoms with van der Waals surface area (Å²) in [4.78, 5) is 35.2. The maximum Gasteiger partial charge on any atom is 0.256 e. The first-order valence-electron chi connectivity index (χ1n) is 12.8. The molecule has 194 valence electrons. The number of piperazine rings is 1. The van der Waals surface area contributed by atoms with Crippen LogP contribution in [0, 0.1) is 11.2 Å². The predicted octanol–water partition coefficient (Wildman–Crippen LogP) is 3.03. The van der Waals surface area contributed by atoms with Crippen LogP contribution in [0.1, 0.15) is 42.5 Å². The number of hydrogen-bond donors (Lipinski definition) is 2. The average molecular weight is 526 g/mol. The lowest BCUT2D eigenvalue weighted by molar-refractivity contribution is -0.127. The van der Waals surface area contributed by atoms with Crippen molar-refractivity contribution in [2.75, 3.05) is 42.5 Å². The fourth-order valence-corrected chi connectivity index (χ4v) is 6.15. The van der Waals surface area contributed by atoms with Crippen LogP contribution in [0.25, 0.3) is 5.65 Å². The molecule has 4 heterocycles. The summed E-state index contributed by atoms with van der Waals surface area (Å²) in [6, 6.07) is 6.03. The van der Waals surface area contributed by atoms with E-state index in [-0.39, 0.29) is 22.9 Å². The van der Waals surface area contributed by atoms with E-state index in [2.05, 4.69) is 20.6 Å². The molecule has 3 aliphatic rings. The Hall–Kier alpha value is -3.24. The number of anilines is 2. The fraction of sp³-hybridized carbons (Fsp3) is 0.462. The number of halogens is 2. The minimum absolute atomic E-state index is 0.0271. The Morgan fingerprint density at radius 2 is 1.92 bits per heavy atom. The first kappa shape index (κ1) is 24.1. The van der Waals surface area contributed by atoms with Crippen molar-refractivity contribution in [3.05, 3.63) is 53.1 Å². The standard InChI is InChI=1S/C26H29ClFN7O2/c27-20-15-17(28)1-2-21(20)34-12-8-26(25(34)37)6-3-18(4-7-26)31-24(36)19-16-30-35-11-5-22(32-23(19)35)33-13-9-29-10-14-33/h1-2,5,11,15-16,18,29H,3-4,6-10,12-14H2,(H,31,36). The van der Waals surface area contributed by atoms with E-state index in [4.69, 9.17) is 16.6 Å². The van der Waals surface area contributed by atoms with Gasteiger partial charge in [0.25, 0.3) is 5.91 Å². The number of nitrogens with one attached hydrogen (secondary N) is 2. The first-order valence-corrected chi connectivity index (χ1v) is 13.2. The summed E-state index contributed by atoms with van der Waals surface area (Å²) >= 11 is 6.23. The molecular weight excluding hydrogens is 497 g/mol. The van der Waals surface area contributed by atoms with Crippen LogP contribution in [0.15, 0.2) is 36.7 Å². The molecule has 2 aromatic heterocycles. The lowest BCUT2D eigenvalue weighted by Crippen LogP contribution is -2.44. The van der Waals surface area contributed by atoms with Gasteiger partial charge in [0.15, 0.2) is 5.65 Å². The normalized spacial score (nSPS) is 24.3. The van der Waals surface area contributed by atoms with Gasteiger partial charge in [0, 0.05) is 45.0 Å². The average Bonchev–Trinajstić information content (AvgIpc) is 3.47. The van der Waals surface area contributed by atoms with Crippen LogP contribution in [-0.4, -0.2) is 65.2 Å². The van der Waals surface area contributed by atoms with Crippen molar-refractivity contribution < 1.29 is 14.0 Å². The number of amides is 2. The highest BCUT2D eigenvalue weighted by Crippen LogP contribution is 2.47. The third-order valence-corrected chi connectivity index (χ3v) is 8.33. The zero-order chi connectivity index (χ0) is 25.6. The molecule has 1 saturated carbocycles. The molecule has 3 fully saturated rings. The SMILES string of the molecule is O=C(NC1CCC2(CC1)CCN(c1ccc(F)cc1Cl)C2=O)c1cnn2ccc(N3CCNCC3)nc12. The molecule has 0 atom stereocenters. The number of nitrogens with zero attached hydrogens (tertiary/aromatic N) is 5. The number of hydrogen-bond acceptors (Lipinski definition) is 6. The van der Waals surface area contributed by atoms with Crippen LogP contribution in [0.5, 0.6) is 0 Å². The van der Waals surface area contributed by atoms with Crippen LogP contribution < -0.4 is 20.4 Å². The second-order valence-corrected chi connectivity index (χ2v) is 10.6. The molecule has 0 bridgehead atoms. The van der Waals surface area contributed by atoms with Crippen molar-refractivity contribution in [1.82, 2.24) is 25.2 Å². The van der Waals surface area contributed by atoms with Crippen molar-refractivity contribution >= 4 is 40.6 Å². The van der Waals surface area contributed by atoms with Crippen molar-refractivity contribution in [1.29, 1.82) is 0 Å². The second kappa shape index (κ2) is 9.57. The monoisotopic (exact) mass is 525 g/mol. The van der Waals surface area contributed by atoms with Gasteiger partial charge in [-0.15, -0.1) is 0 Å². The lowest BCUT2D eigenvalue weighted by Gasteiger charge is -2.36. The molecule has 1 spiro atoms. The van der Waals surface area contributed by atoms with Crippen LogP contribution in [0.3, 0.4) is 0 Å². The minimum Gasteiger partial charge on any atom is -0.354 e. The second-order valence-electron chi connectivity index (χ2n) is 10.2. The van der Waals surface area contributed by atoms with Gasteiger partial charge in [-0.05, 0) is 56.4 Å². The Labute approximate surface area is 219 Å². The number of aromatic nitrogens is 3. The summed E-state index contributed by atoms with van der Waals surface area (Å²) in [5, 5.41) is 11.0. The molecule has 9 nitrogen and oxygen atoms in total. The zero-order valence-electron chi connectivity index (χ0n) is 20.4. The highest BCUT2D eigenvalue weighted by molar-refractivity contribution is 6.34. The summed E-state index contributed by atoms with van der Waals surface area (Å²) in [6.07, 6.45) is 6.92. The molecule has 1 aliphatic carbocycles. The number of carbonyl (C=O) groups is 2. The van der Waals surface area contributed by atoms with Crippen molar-refractivity contribution in [3.8, 4) is 0 Å². The topological polar surface area (TPSA) is 94.9 Å². The highest BCUT2D eigenvalue weighted by atomic mass is 35.5. The predicted molar refractivity (Wildman–Crippen MR) is 139 cm³/mol. The summed E-state index contributed by atoms with van der Waals surface area (Å²) < 4.78 is 15.1. The van der Waals surface area contributed by atoms with Crippen molar-refractivity contribution in [2.24, 2.45) is 5.41 Å². The van der Waals surface area contributed by atoms with E-state index in [1.807, 2.05) is 12.3 Å². The Bertz CT molecular complexity index is 1350. The molecule has 1 aromatic carbocycles. The number of fused-ring (bicyclic) bond motifs is 1. The van der Waals surface area contributed by atoms with E-state index < -0.39 is 11.2 Å². The van der Waals surface area contributed by atoms with Crippen molar-refractivity contribution in [2.45, 2.75) is 38.1 Å². The quantitative estimate of drug-likeness (QED) is 0.544. The van der Waals surface area contributed by atoms with Gasteiger partial charge < -0.3 is 20.4 Å². The molecule has 2 aliphatic heterocycles.